The highest BCUT2D eigenvalue weighted by atomic mass is 16.2. The Morgan fingerprint density at radius 2 is 1.72 bits per heavy atom. The van der Waals surface area contributed by atoms with Gasteiger partial charge in [-0.1, -0.05) is 39.0 Å². The Hall–Kier alpha value is -2.08. The van der Waals surface area contributed by atoms with Crippen molar-refractivity contribution in [1.29, 1.82) is 0 Å². The van der Waals surface area contributed by atoms with Gasteiger partial charge in [0.05, 0.1) is 0 Å². The Labute approximate surface area is 175 Å². The lowest BCUT2D eigenvalue weighted by atomic mass is 9.94. The van der Waals surface area contributed by atoms with E-state index in [-0.39, 0.29) is 17.9 Å². The highest BCUT2D eigenvalue weighted by Gasteiger charge is 2.38. The monoisotopic (exact) mass is 400 g/mol. The molecule has 3 rings (SSSR count). The van der Waals surface area contributed by atoms with Gasteiger partial charge in [0.25, 0.3) is 0 Å². The van der Waals surface area contributed by atoms with Gasteiger partial charge in [0.1, 0.15) is 6.04 Å². The number of hydrogen-bond acceptors (Lipinski definition) is 4. The second-order valence-corrected chi connectivity index (χ2v) is 9.22. The van der Waals surface area contributed by atoms with E-state index in [1.165, 1.54) is 5.69 Å². The molecular formula is C23H36N4O2. The molecule has 2 fully saturated rings. The van der Waals surface area contributed by atoms with Crippen molar-refractivity contribution >= 4 is 17.5 Å². The van der Waals surface area contributed by atoms with Gasteiger partial charge in [-0.25, -0.2) is 0 Å². The van der Waals surface area contributed by atoms with Crippen molar-refractivity contribution in [3.63, 3.8) is 0 Å². The van der Waals surface area contributed by atoms with Gasteiger partial charge < -0.3 is 15.1 Å². The van der Waals surface area contributed by atoms with Gasteiger partial charge in [0, 0.05) is 50.4 Å². The van der Waals surface area contributed by atoms with Gasteiger partial charge in [-0.3, -0.25) is 14.5 Å². The molecule has 160 valence electrons. The van der Waals surface area contributed by atoms with Crippen LogP contribution in [-0.4, -0.2) is 73.5 Å². The second kappa shape index (κ2) is 9.61. The Morgan fingerprint density at radius 1 is 1.03 bits per heavy atom. The van der Waals surface area contributed by atoms with Crippen LogP contribution in [0.25, 0.3) is 0 Å². The maximum Gasteiger partial charge on any atom is 0.242 e. The van der Waals surface area contributed by atoms with E-state index in [4.69, 9.17) is 0 Å². The molecule has 2 aliphatic heterocycles. The molecule has 0 aliphatic carbocycles. The Balaban J connectivity index is 1.35. The van der Waals surface area contributed by atoms with Crippen LogP contribution in [0.15, 0.2) is 30.3 Å². The van der Waals surface area contributed by atoms with Crippen LogP contribution in [0.4, 0.5) is 5.69 Å². The fraction of sp³-hybridized carbons (Fsp3) is 0.652. The molecule has 6 heteroatoms. The van der Waals surface area contributed by atoms with Gasteiger partial charge >= 0.3 is 0 Å². The van der Waals surface area contributed by atoms with E-state index >= 15 is 0 Å². The van der Waals surface area contributed by atoms with Crippen LogP contribution in [0.3, 0.4) is 0 Å². The average Bonchev–Trinajstić information content (AvgIpc) is 3.20. The smallest absolute Gasteiger partial charge is 0.242 e. The zero-order valence-corrected chi connectivity index (χ0v) is 18.2. The molecule has 0 radical (unpaired) electrons. The standard InChI is InChI=1S/C23H36N4O2/c1-23(2,3)22(29)27-14-7-11-20(27)21(28)24-12-8-13-25-15-17-26(18-16-25)19-9-5-4-6-10-19/h4-6,9-10,20H,7-8,11-18H2,1-3H3,(H,24,28). The summed E-state index contributed by atoms with van der Waals surface area (Å²) in [6, 6.07) is 10.3. The molecule has 2 amide bonds. The molecule has 29 heavy (non-hydrogen) atoms. The number of likely N-dealkylation sites (tertiary alicyclic amines) is 1. The number of nitrogens with zero attached hydrogens (tertiary/aromatic N) is 3. The summed E-state index contributed by atoms with van der Waals surface area (Å²) in [6.45, 7) is 12.3. The van der Waals surface area contributed by atoms with Gasteiger partial charge in [0.15, 0.2) is 0 Å². The fourth-order valence-corrected chi connectivity index (χ4v) is 4.21. The normalized spacial score (nSPS) is 20.7. The maximum absolute atomic E-state index is 12.6. The summed E-state index contributed by atoms with van der Waals surface area (Å²) in [6.07, 6.45) is 2.62. The van der Waals surface area contributed by atoms with Gasteiger partial charge in [0.2, 0.25) is 11.8 Å². The number of benzene rings is 1. The van der Waals surface area contributed by atoms with Crippen LogP contribution in [0.1, 0.15) is 40.0 Å². The molecule has 0 aromatic heterocycles. The molecule has 1 N–H and O–H groups in total. The Kier molecular flexibility index (Phi) is 7.17. The molecule has 2 saturated heterocycles. The van der Waals surface area contributed by atoms with Gasteiger partial charge in [-0.2, -0.15) is 0 Å². The minimum atomic E-state index is -0.440. The minimum Gasteiger partial charge on any atom is -0.369 e. The third-order valence-corrected chi connectivity index (χ3v) is 5.90. The van der Waals surface area contributed by atoms with Crippen molar-refractivity contribution in [2.24, 2.45) is 5.41 Å². The predicted molar refractivity (Wildman–Crippen MR) is 117 cm³/mol. The SMILES string of the molecule is CC(C)(C)C(=O)N1CCCC1C(=O)NCCCN1CCN(c2ccccc2)CC1. The van der Waals surface area contributed by atoms with Crippen molar-refractivity contribution in [2.75, 3.05) is 50.7 Å². The highest BCUT2D eigenvalue weighted by Crippen LogP contribution is 2.25. The van der Waals surface area contributed by atoms with Crippen LogP contribution < -0.4 is 10.2 Å². The number of piperazine rings is 1. The molecule has 0 bridgehead atoms. The first kappa shape index (κ1) is 21.6. The van der Waals surface area contributed by atoms with Crippen LogP contribution in [0, 0.1) is 5.41 Å². The lowest BCUT2D eigenvalue weighted by Crippen LogP contribution is -2.50. The van der Waals surface area contributed by atoms with Crippen molar-refractivity contribution in [3.05, 3.63) is 30.3 Å². The van der Waals surface area contributed by atoms with Crippen molar-refractivity contribution in [3.8, 4) is 0 Å². The lowest BCUT2D eigenvalue weighted by Gasteiger charge is -2.36. The highest BCUT2D eigenvalue weighted by molar-refractivity contribution is 5.90. The fourth-order valence-electron chi connectivity index (χ4n) is 4.21. The molecule has 0 spiro atoms. The van der Waals surface area contributed by atoms with E-state index in [1.807, 2.05) is 20.8 Å². The molecular weight excluding hydrogens is 364 g/mol. The summed E-state index contributed by atoms with van der Waals surface area (Å²) < 4.78 is 0. The first-order valence-corrected chi connectivity index (χ1v) is 11.0. The number of amides is 2. The van der Waals surface area contributed by atoms with E-state index in [9.17, 15) is 9.59 Å². The van der Waals surface area contributed by atoms with E-state index in [2.05, 4.69) is 45.4 Å². The van der Waals surface area contributed by atoms with Crippen molar-refractivity contribution in [1.82, 2.24) is 15.1 Å². The van der Waals surface area contributed by atoms with Crippen molar-refractivity contribution < 1.29 is 9.59 Å². The molecule has 6 nitrogen and oxygen atoms in total. The first-order valence-electron chi connectivity index (χ1n) is 11.0. The second-order valence-electron chi connectivity index (χ2n) is 9.22. The molecule has 0 saturated carbocycles. The molecule has 1 atom stereocenters. The summed E-state index contributed by atoms with van der Waals surface area (Å²) in [5.41, 5.74) is 0.857. The predicted octanol–water partition coefficient (Wildman–Crippen LogP) is 2.35. The topological polar surface area (TPSA) is 55.9 Å². The summed E-state index contributed by atoms with van der Waals surface area (Å²) in [7, 11) is 0. The molecule has 1 aromatic carbocycles. The number of para-hydroxylation sites is 1. The molecule has 1 aromatic rings. The van der Waals surface area contributed by atoms with Crippen LogP contribution in [0.5, 0.6) is 0 Å². The third-order valence-electron chi connectivity index (χ3n) is 5.90. The summed E-state index contributed by atoms with van der Waals surface area (Å²) >= 11 is 0. The zero-order chi connectivity index (χ0) is 20.9. The number of carbonyl (C=O) groups excluding carboxylic acids is 2. The number of rotatable bonds is 6. The summed E-state index contributed by atoms with van der Waals surface area (Å²) in [5.74, 6) is 0.0837. The van der Waals surface area contributed by atoms with Crippen LogP contribution >= 0.6 is 0 Å². The zero-order valence-electron chi connectivity index (χ0n) is 18.2. The van der Waals surface area contributed by atoms with Gasteiger partial charge in [-0.15, -0.1) is 0 Å². The largest absolute Gasteiger partial charge is 0.369 e. The first-order chi connectivity index (χ1) is 13.9. The number of anilines is 1. The van der Waals surface area contributed by atoms with Gasteiger partial charge in [-0.05, 0) is 37.9 Å². The van der Waals surface area contributed by atoms with E-state index in [0.29, 0.717) is 13.1 Å². The lowest BCUT2D eigenvalue weighted by molar-refractivity contribution is -0.144. The Morgan fingerprint density at radius 3 is 2.38 bits per heavy atom. The summed E-state index contributed by atoms with van der Waals surface area (Å²) in [5, 5.41) is 3.07. The quantitative estimate of drug-likeness (QED) is 0.745. The van der Waals surface area contributed by atoms with Crippen LogP contribution in [-0.2, 0) is 9.59 Å². The number of nitrogens with one attached hydrogen (secondary N) is 1. The number of carbonyl (C=O) groups is 2. The van der Waals surface area contributed by atoms with E-state index in [0.717, 1.165) is 52.0 Å². The van der Waals surface area contributed by atoms with Crippen molar-refractivity contribution in [2.45, 2.75) is 46.1 Å². The van der Waals surface area contributed by atoms with Crippen LogP contribution in [0.2, 0.25) is 0 Å². The number of hydrogen-bond donors (Lipinski definition) is 1. The molecule has 1 unspecified atom stereocenters. The minimum absolute atomic E-state index is 0.00833. The van der Waals surface area contributed by atoms with E-state index in [1.54, 1.807) is 4.90 Å². The van der Waals surface area contributed by atoms with E-state index < -0.39 is 5.41 Å². The summed E-state index contributed by atoms with van der Waals surface area (Å²) in [4.78, 5) is 31.9. The maximum atomic E-state index is 12.6. The average molecular weight is 401 g/mol. The molecule has 2 heterocycles. The third kappa shape index (κ3) is 5.72. The Bertz CT molecular complexity index is 678. The molecule has 2 aliphatic rings.